The van der Waals surface area contributed by atoms with Gasteiger partial charge in [0.05, 0.1) is 25.3 Å². The Morgan fingerprint density at radius 2 is 1.96 bits per heavy atom. The first-order valence-corrected chi connectivity index (χ1v) is 10.4. The van der Waals surface area contributed by atoms with Gasteiger partial charge in [0.1, 0.15) is 0 Å². The van der Waals surface area contributed by atoms with E-state index in [2.05, 4.69) is 45.3 Å². The Hall–Kier alpha value is -2.57. The average Bonchev–Trinajstić information content (AvgIpc) is 3.33. The molecule has 1 amide bonds. The molecule has 1 aliphatic heterocycles. The highest BCUT2D eigenvalue weighted by Crippen LogP contribution is 2.23. The first-order valence-electron chi connectivity index (χ1n) is 9.55. The number of morpholine rings is 1. The van der Waals surface area contributed by atoms with Crippen molar-refractivity contribution in [2.45, 2.75) is 20.4 Å². The Bertz CT molecular complexity index is 956. The highest BCUT2D eigenvalue weighted by Gasteiger charge is 2.17. The summed E-state index contributed by atoms with van der Waals surface area (Å²) in [6.45, 7) is 8.10. The van der Waals surface area contributed by atoms with Crippen LogP contribution in [0.1, 0.15) is 26.6 Å². The zero-order valence-corrected chi connectivity index (χ0v) is 17.1. The van der Waals surface area contributed by atoms with Crippen molar-refractivity contribution in [1.82, 2.24) is 4.57 Å². The maximum atomic E-state index is 12.9. The molecule has 1 saturated heterocycles. The monoisotopic (exact) mass is 395 g/mol. The zero-order valence-electron chi connectivity index (χ0n) is 16.3. The second kappa shape index (κ2) is 8.20. The number of amides is 1. The van der Waals surface area contributed by atoms with Gasteiger partial charge < -0.3 is 19.5 Å². The molecule has 0 unspecified atom stereocenters. The number of carbonyl (C=O) groups excluding carboxylic acids is 1. The third kappa shape index (κ3) is 3.98. The van der Waals surface area contributed by atoms with Crippen molar-refractivity contribution in [3.05, 3.63) is 69.7 Å². The fraction of sp³-hybridized carbons (Fsp3) is 0.318. The molecule has 1 N–H and O–H groups in total. The first kappa shape index (κ1) is 18.8. The minimum atomic E-state index is -0.0651. The molecule has 1 fully saturated rings. The van der Waals surface area contributed by atoms with Gasteiger partial charge in [-0.1, -0.05) is 12.1 Å². The summed E-state index contributed by atoms with van der Waals surface area (Å²) >= 11 is 1.74. The molecular formula is C22H25N3O2S. The summed E-state index contributed by atoms with van der Waals surface area (Å²) in [5.74, 6) is -0.0651. The molecule has 0 bridgehead atoms. The third-order valence-corrected chi connectivity index (χ3v) is 6.05. The number of aromatic nitrogens is 1. The van der Waals surface area contributed by atoms with E-state index in [1.165, 1.54) is 4.88 Å². The van der Waals surface area contributed by atoms with Gasteiger partial charge in [-0.15, -0.1) is 11.3 Å². The Morgan fingerprint density at radius 1 is 1.14 bits per heavy atom. The largest absolute Gasteiger partial charge is 0.378 e. The van der Waals surface area contributed by atoms with Crippen molar-refractivity contribution in [2.75, 3.05) is 36.5 Å². The number of nitrogens with zero attached hydrogens (tertiary/aromatic N) is 2. The highest BCUT2D eigenvalue weighted by atomic mass is 32.1. The molecule has 28 heavy (non-hydrogen) atoms. The number of ether oxygens (including phenoxy) is 1. The van der Waals surface area contributed by atoms with Gasteiger partial charge in [-0.3, -0.25) is 4.79 Å². The van der Waals surface area contributed by atoms with Gasteiger partial charge >= 0.3 is 0 Å². The van der Waals surface area contributed by atoms with Crippen LogP contribution in [0.2, 0.25) is 0 Å². The quantitative estimate of drug-likeness (QED) is 0.700. The van der Waals surface area contributed by atoms with Gasteiger partial charge in [-0.25, -0.2) is 0 Å². The Labute approximate surface area is 169 Å². The van der Waals surface area contributed by atoms with Gasteiger partial charge in [-0.05, 0) is 49.6 Å². The second-order valence-electron chi connectivity index (χ2n) is 7.05. The topological polar surface area (TPSA) is 46.5 Å². The maximum absolute atomic E-state index is 12.9. The molecule has 146 valence electrons. The molecular weight excluding hydrogens is 370 g/mol. The summed E-state index contributed by atoms with van der Waals surface area (Å²) in [6.07, 6.45) is 0. The van der Waals surface area contributed by atoms with E-state index < -0.39 is 0 Å². The number of hydrogen-bond donors (Lipinski definition) is 1. The van der Waals surface area contributed by atoms with Crippen LogP contribution in [-0.2, 0) is 11.3 Å². The molecule has 6 heteroatoms. The normalized spacial score (nSPS) is 14.3. The number of thiophene rings is 1. The summed E-state index contributed by atoms with van der Waals surface area (Å²) in [5.41, 5.74) is 4.75. The summed E-state index contributed by atoms with van der Waals surface area (Å²) in [7, 11) is 0. The average molecular weight is 396 g/mol. The third-order valence-electron chi connectivity index (χ3n) is 5.19. The van der Waals surface area contributed by atoms with E-state index in [1.54, 1.807) is 11.3 Å². The maximum Gasteiger partial charge on any atom is 0.257 e. The molecule has 4 rings (SSSR count). The van der Waals surface area contributed by atoms with Crippen molar-refractivity contribution in [3.8, 4) is 0 Å². The van der Waals surface area contributed by atoms with Crippen LogP contribution in [0, 0.1) is 13.8 Å². The minimum Gasteiger partial charge on any atom is -0.378 e. The molecule has 2 aromatic heterocycles. The van der Waals surface area contributed by atoms with Crippen LogP contribution in [0.3, 0.4) is 0 Å². The predicted octanol–water partition coefficient (Wildman–Crippen LogP) is 4.30. The summed E-state index contributed by atoms with van der Waals surface area (Å²) in [4.78, 5) is 16.5. The van der Waals surface area contributed by atoms with Gasteiger partial charge in [0.2, 0.25) is 0 Å². The number of benzene rings is 1. The summed E-state index contributed by atoms with van der Waals surface area (Å²) < 4.78 is 7.62. The molecule has 1 aromatic carbocycles. The van der Waals surface area contributed by atoms with Crippen LogP contribution >= 0.6 is 11.3 Å². The molecule has 1 aliphatic rings. The standard InChI is InChI=1S/C22H25N3O2S/c1-16-13-21(17(2)25(16)15-20-7-4-12-28-20)22(26)23-18-5-3-6-19(14-18)24-8-10-27-11-9-24/h3-7,12-14H,8-11,15H2,1-2H3,(H,23,26). The van der Waals surface area contributed by atoms with Gasteiger partial charge in [0.15, 0.2) is 0 Å². The number of nitrogens with one attached hydrogen (secondary N) is 1. The van der Waals surface area contributed by atoms with Crippen LogP contribution in [-0.4, -0.2) is 36.8 Å². The SMILES string of the molecule is Cc1cc(C(=O)Nc2cccc(N3CCOCC3)c2)c(C)n1Cc1cccs1. The minimum absolute atomic E-state index is 0.0651. The van der Waals surface area contributed by atoms with E-state index in [0.29, 0.717) is 0 Å². The van der Waals surface area contributed by atoms with Gasteiger partial charge in [0.25, 0.3) is 5.91 Å². The molecule has 3 aromatic rings. The van der Waals surface area contributed by atoms with E-state index in [-0.39, 0.29) is 5.91 Å². The van der Waals surface area contributed by atoms with Crippen LogP contribution in [0.25, 0.3) is 0 Å². The van der Waals surface area contributed by atoms with E-state index in [4.69, 9.17) is 4.74 Å². The smallest absolute Gasteiger partial charge is 0.257 e. The van der Waals surface area contributed by atoms with Gasteiger partial charge in [0, 0.05) is 40.7 Å². The zero-order chi connectivity index (χ0) is 19.5. The van der Waals surface area contributed by atoms with Crippen molar-refractivity contribution in [1.29, 1.82) is 0 Å². The van der Waals surface area contributed by atoms with Gasteiger partial charge in [-0.2, -0.15) is 0 Å². The van der Waals surface area contributed by atoms with E-state index in [1.807, 2.05) is 31.2 Å². The van der Waals surface area contributed by atoms with E-state index in [9.17, 15) is 4.79 Å². The number of carbonyl (C=O) groups is 1. The second-order valence-corrected chi connectivity index (χ2v) is 8.09. The predicted molar refractivity (Wildman–Crippen MR) is 115 cm³/mol. The molecule has 5 nitrogen and oxygen atoms in total. The highest BCUT2D eigenvalue weighted by molar-refractivity contribution is 7.09. The Kier molecular flexibility index (Phi) is 5.50. The molecule has 0 aliphatic carbocycles. The van der Waals surface area contributed by atoms with Crippen LogP contribution in [0.5, 0.6) is 0 Å². The van der Waals surface area contributed by atoms with Crippen LogP contribution < -0.4 is 10.2 Å². The van der Waals surface area contributed by atoms with Crippen LogP contribution in [0.4, 0.5) is 11.4 Å². The number of hydrogen-bond acceptors (Lipinski definition) is 4. The fourth-order valence-electron chi connectivity index (χ4n) is 3.63. The molecule has 0 spiro atoms. The number of rotatable bonds is 5. The lowest BCUT2D eigenvalue weighted by atomic mass is 10.2. The van der Waals surface area contributed by atoms with E-state index in [0.717, 1.165) is 61.2 Å². The van der Waals surface area contributed by atoms with Crippen molar-refractivity contribution in [2.24, 2.45) is 0 Å². The molecule has 0 saturated carbocycles. The van der Waals surface area contributed by atoms with Crippen molar-refractivity contribution in [3.63, 3.8) is 0 Å². The van der Waals surface area contributed by atoms with E-state index >= 15 is 0 Å². The number of aryl methyl sites for hydroxylation is 1. The lowest BCUT2D eigenvalue weighted by Crippen LogP contribution is -2.36. The molecule has 0 radical (unpaired) electrons. The summed E-state index contributed by atoms with van der Waals surface area (Å²) in [6, 6.07) is 14.2. The van der Waals surface area contributed by atoms with Crippen molar-refractivity contribution < 1.29 is 9.53 Å². The number of anilines is 2. The molecule has 3 heterocycles. The lowest BCUT2D eigenvalue weighted by molar-refractivity contribution is 0.102. The first-order chi connectivity index (χ1) is 13.6. The fourth-order valence-corrected chi connectivity index (χ4v) is 4.33. The van der Waals surface area contributed by atoms with Crippen molar-refractivity contribution >= 4 is 28.6 Å². The summed E-state index contributed by atoms with van der Waals surface area (Å²) in [5, 5.41) is 5.15. The lowest BCUT2D eigenvalue weighted by Gasteiger charge is -2.29. The Balaban J connectivity index is 1.51. The van der Waals surface area contributed by atoms with Crippen LogP contribution in [0.15, 0.2) is 47.8 Å². The molecule has 0 atom stereocenters. The Morgan fingerprint density at radius 3 is 2.71 bits per heavy atom.